The number of benzene rings is 1. The highest BCUT2D eigenvalue weighted by atomic mass is 16.5. The SMILES string of the molecule is O=C(c1ccc(Cn2c(-c3ccccn3)noc2=O)cc1)N1CCCC1. The Morgan fingerprint density at radius 1 is 1.08 bits per heavy atom. The standard InChI is InChI=1S/C19H18N4O3/c24-18(22-11-3-4-12-22)15-8-6-14(7-9-15)13-23-17(21-26-19(23)25)16-5-1-2-10-20-16/h1-2,5-10H,3-4,11-13H2. The van der Waals surface area contributed by atoms with Crippen molar-refractivity contribution in [1.82, 2.24) is 19.6 Å². The minimum absolute atomic E-state index is 0.0605. The van der Waals surface area contributed by atoms with Crippen LogP contribution in [0.5, 0.6) is 0 Å². The maximum Gasteiger partial charge on any atom is 0.442 e. The molecule has 132 valence electrons. The van der Waals surface area contributed by atoms with E-state index in [2.05, 4.69) is 10.1 Å². The van der Waals surface area contributed by atoms with Gasteiger partial charge in [0, 0.05) is 24.8 Å². The molecule has 0 spiro atoms. The van der Waals surface area contributed by atoms with E-state index < -0.39 is 5.76 Å². The van der Waals surface area contributed by atoms with Gasteiger partial charge in [0.25, 0.3) is 5.91 Å². The van der Waals surface area contributed by atoms with Crippen molar-refractivity contribution in [3.8, 4) is 11.5 Å². The Labute approximate surface area is 149 Å². The van der Waals surface area contributed by atoms with E-state index in [0.29, 0.717) is 23.6 Å². The largest absolute Gasteiger partial charge is 0.442 e. The first-order valence-electron chi connectivity index (χ1n) is 8.58. The van der Waals surface area contributed by atoms with Gasteiger partial charge in [-0.05, 0) is 42.7 Å². The molecule has 1 aromatic carbocycles. The summed E-state index contributed by atoms with van der Waals surface area (Å²) in [4.78, 5) is 30.5. The second-order valence-electron chi connectivity index (χ2n) is 6.27. The molecular weight excluding hydrogens is 332 g/mol. The third-order valence-electron chi connectivity index (χ3n) is 4.52. The van der Waals surface area contributed by atoms with Gasteiger partial charge in [-0.3, -0.25) is 18.9 Å². The molecule has 4 rings (SSSR count). The molecular formula is C19H18N4O3. The van der Waals surface area contributed by atoms with Gasteiger partial charge >= 0.3 is 5.76 Å². The van der Waals surface area contributed by atoms with Gasteiger partial charge in [-0.2, -0.15) is 0 Å². The van der Waals surface area contributed by atoms with Gasteiger partial charge in [-0.25, -0.2) is 4.79 Å². The predicted molar refractivity (Wildman–Crippen MR) is 94.7 cm³/mol. The molecule has 7 nitrogen and oxygen atoms in total. The molecule has 3 heterocycles. The van der Waals surface area contributed by atoms with E-state index in [4.69, 9.17) is 4.52 Å². The molecule has 0 atom stereocenters. The van der Waals surface area contributed by atoms with E-state index in [1.54, 1.807) is 30.5 Å². The summed E-state index contributed by atoms with van der Waals surface area (Å²) in [7, 11) is 0. The van der Waals surface area contributed by atoms with Crippen LogP contribution in [0.2, 0.25) is 0 Å². The van der Waals surface area contributed by atoms with E-state index in [0.717, 1.165) is 31.5 Å². The minimum Gasteiger partial charge on any atom is -0.339 e. The Morgan fingerprint density at radius 2 is 1.85 bits per heavy atom. The van der Waals surface area contributed by atoms with Gasteiger partial charge in [0.1, 0.15) is 5.69 Å². The molecule has 0 radical (unpaired) electrons. The molecule has 0 N–H and O–H groups in total. The van der Waals surface area contributed by atoms with Crippen molar-refractivity contribution in [3.05, 3.63) is 70.3 Å². The molecule has 1 aliphatic heterocycles. The number of pyridine rings is 1. The van der Waals surface area contributed by atoms with Crippen molar-refractivity contribution >= 4 is 5.91 Å². The van der Waals surface area contributed by atoms with E-state index in [9.17, 15) is 9.59 Å². The third-order valence-corrected chi connectivity index (χ3v) is 4.52. The first kappa shape index (κ1) is 16.3. The van der Waals surface area contributed by atoms with Crippen LogP contribution < -0.4 is 5.76 Å². The van der Waals surface area contributed by atoms with Gasteiger partial charge in [-0.15, -0.1) is 0 Å². The minimum atomic E-state index is -0.539. The lowest BCUT2D eigenvalue weighted by Gasteiger charge is -2.15. The Morgan fingerprint density at radius 3 is 2.54 bits per heavy atom. The van der Waals surface area contributed by atoms with Crippen LogP contribution in [0.25, 0.3) is 11.5 Å². The zero-order valence-corrected chi connectivity index (χ0v) is 14.2. The summed E-state index contributed by atoms with van der Waals surface area (Å²) >= 11 is 0. The highest BCUT2D eigenvalue weighted by Gasteiger charge is 2.19. The average Bonchev–Trinajstić information content (AvgIpc) is 3.34. The number of carbonyl (C=O) groups excluding carboxylic acids is 1. The van der Waals surface area contributed by atoms with Crippen molar-refractivity contribution in [1.29, 1.82) is 0 Å². The van der Waals surface area contributed by atoms with E-state index in [1.807, 2.05) is 23.1 Å². The number of carbonyl (C=O) groups is 1. The van der Waals surface area contributed by atoms with Crippen LogP contribution in [0.1, 0.15) is 28.8 Å². The summed E-state index contributed by atoms with van der Waals surface area (Å²) < 4.78 is 6.24. The number of nitrogens with zero attached hydrogens (tertiary/aromatic N) is 4. The molecule has 1 amide bonds. The molecule has 26 heavy (non-hydrogen) atoms. The molecule has 2 aromatic heterocycles. The fourth-order valence-corrected chi connectivity index (χ4v) is 3.12. The smallest absolute Gasteiger partial charge is 0.339 e. The highest BCUT2D eigenvalue weighted by molar-refractivity contribution is 5.94. The number of aromatic nitrogens is 3. The second kappa shape index (κ2) is 6.95. The second-order valence-corrected chi connectivity index (χ2v) is 6.27. The van der Waals surface area contributed by atoms with Crippen LogP contribution in [-0.4, -0.2) is 38.6 Å². The molecule has 0 aliphatic carbocycles. The first-order chi connectivity index (χ1) is 12.7. The Kier molecular flexibility index (Phi) is 4.35. The fourth-order valence-electron chi connectivity index (χ4n) is 3.12. The van der Waals surface area contributed by atoms with Crippen molar-refractivity contribution in [2.24, 2.45) is 0 Å². The topological polar surface area (TPSA) is 81.2 Å². The lowest BCUT2D eigenvalue weighted by atomic mass is 10.1. The predicted octanol–water partition coefficient (Wildman–Crippen LogP) is 2.18. The molecule has 0 unspecified atom stereocenters. The van der Waals surface area contributed by atoms with Crippen LogP contribution in [0.15, 0.2) is 58.0 Å². The van der Waals surface area contributed by atoms with Crippen molar-refractivity contribution in [3.63, 3.8) is 0 Å². The molecule has 1 fully saturated rings. The Balaban J connectivity index is 1.56. The number of hydrogen-bond donors (Lipinski definition) is 0. The van der Waals surface area contributed by atoms with Crippen molar-refractivity contribution < 1.29 is 9.32 Å². The van der Waals surface area contributed by atoms with Gasteiger partial charge in [0.15, 0.2) is 0 Å². The van der Waals surface area contributed by atoms with Gasteiger partial charge in [-0.1, -0.05) is 23.4 Å². The van der Waals surface area contributed by atoms with Gasteiger partial charge in [0.05, 0.1) is 6.54 Å². The Bertz CT molecular complexity index is 954. The van der Waals surface area contributed by atoms with E-state index in [1.165, 1.54) is 4.57 Å². The number of likely N-dealkylation sites (tertiary alicyclic amines) is 1. The molecule has 1 aliphatic rings. The number of hydrogen-bond acceptors (Lipinski definition) is 5. The molecule has 1 saturated heterocycles. The zero-order valence-electron chi connectivity index (χ0n) is 14.2. The van der Waals surface area contributed by atoms with Gasteiger partial charge < -0.3 is 4.90 Å². The third kappa shape index (κ3) is 3.15. The van der Waals surface area contributed by atoms with Crippen LogP contribution in [0.3, 0.4) is 0 Å². The monoisotopic (exact) mass is 350 g/mol. The lowest BCUT2D eigenvalue weighted by Crippen LogP contribution is -2.27. The summed E-state index contributed by atoms with van der Waals surface area (Å²) in [5.74, 6) is -0.0962. The number of rotatable bonds is 4. The normalized spacial score (nSPS) is 13.9. The van der Waals surface area contributed by atoms with Crippen LogP contribution in [-0.2, 0) is 6.54 Å². The summed E-state index contributed by atoms with van der Waals surface area (Å²) in [6.45, 7) is 1.95. The molecule has 3 aromatic rings. The maximum absolute atomic E-state index is 12.4. The molecule has 7 heteroatoms. The lowest BCUT2D eigenvalue weighted by molar-refractivity contribution is 0.0793. The summed E-state index contributed by atoms with van der Waals surface area (Å²) in [5, 5.41) is 3.83. The molecule has 0 bridgehead atoms. The van der Waals surface area contributed by atoms with Crippen molar-refractivity contribution in [2.75, 3.05) is 13.1 Å². The zero-order chi connectivity index (χ0) is 17.9. The summed E-state index contributed by atoms with van der Waals surface area (Å²) in [6, 6.07) is 12.7. The van der Waals surface area contributed by atoms with Crippen LogP contribution >= 0.6 is 0 Å². The summed E-state index contributed by atoms with van der Waals surface area (Å²) in [6.07, 6.45) is 3.77. The maximum atomic E-state index is 12.4. The fraction of sp³-hybridized carbons (Fsp3) is 0.263. The first-order valence-corrected chi connectivity index (χ1v) is 8.58. The highest BCUT2D eigenvalue weighted by Crippen LogP contribution is 2.16. The van der Waals surface area contributed by atoms with E-state index in [-0.39, 0.29) is 5.91 Å². The quantitative estimate of drug-likeness (QED) is 0.720. The number of amides is 1. The Hall–Kier alpha value is -3.22. The van der Waals surface area contributed by atoms with E-state index >= 15 is 0 Å². The van der Waals surface area contributed by atoms with Crippen LogP contribution in [0.4, 0.5) is 0 Å². The van der Waals surface area contributed by atoms with Crippen LogP contribution in [0, 0.1) is 0 Å². The van der Waals surface area contributed by atoms with Gasteiger partial charge in [0.2, 0.25) is 5.82 Å². The average molecular weight is 350 g/mol. The van der Waals surface area contributed by atoms with Crippen molar-refractivity contribution in [2.45, 2.75) is 19.4 Å². The molecule has 0 saturated carbocycles. The summed E-state index contributed by atoms with van der Waals surface area (Å²) in [5.41, 5.74) is 2.11.